The van der Waals surface area contributed by atoms with Crippen LogP contribution in [0.3, 0.4) is 0 Å². The number of anilines is 2. The third kappa shape index (κ3) is 4.82. The molecular weight excluding hydrogens is 350 g/mol. The number of benzene rings is 2. The van der Waals surface area contributed by atoms with Gasteiger partial charge in [-0.15, -0.1) is 0 Å². The predicted octanol–water partition coefficient (Wildman–Crippen LogP) is 3.49. The summed E-state index contributed by atoms with van der Waals surface area (Å²) in [5, 5.41) is 0. The minimum atomic E-state index is -0.0522. The zero-order valence-corrected chi connectivity index (χ0v) is 16.1. The summed E-state index contributed by atoms with van der Waals surface area (Å²) in [6.45, 7) is 0. The molecule has 0 radical (unpaired) electrons. The van der Waals surface area contributed by atoms with E-state index in [1.165, 1.54) is 0 Å². The second kappa shape index (κ2) is 8.95. The van der Waals surface area contributed by atoms with Crippen LogP contribution < -0.4 is 9.80 Å². The summed E-state index contributed by atoms with van der Waals surface area (Å²) in [6, 6.07) is 24.4. The van der Waals surface area contributed by atoms with Crippen molar-refractivity contribution in [3.8, 4) is 0 Å². The van der Waals surface area contributed by atoms with Gasteiger partial charge >= 0.3 is 0 Å². The van der Waals surface area contributed by atoms with Crippen LogP contribution in [0.15, 0.2) is 78.9 Å². The molecule has 2 aromatic carbocycles. The first kappa shape index (κ1) is 19.3. The molecule has 0 aliphatic heterocycles. The Balaban J connectivity index is 1.65. The van der Waals surface area contributed by atoms with E-state index < -0.39 is 0 Å². The number of hydrogen-bond donors (Lipinski definition) is 0. The Kier molecular flexibility index (Phi) is 6.17. The molecule has 5 nitrogen and oxygen atoms in total. The third-order valence-corrected chi connectivity index (χ3v) is 4.56. The van der Waals surface area contributed by atoms with Gasteiger partial charge in [0, 0.05) is 25.5 Å². The van der Waals surface area contributed by atoms with Crippen molar-refractivity contribution in [3.05, 3.63) is 90.3 Å². The molecular formula is C23H23N3O2. The Morgan fingerprint density at radius 2 is 1.04 bits per heavy atom. The predicted molar refractivity (Wildman–Crippen MR) is 111 cm³/mol. The molecule has 0 fully saturated rings. The van der Waals surface area contributed by atoms with Gasteiger partial charge in [0.2, 0.25) is 11.8 Å². The summed E-state index contributed by atoms with van der Waals surface area (Å²) in [5.41, 5.74) is 2.98. The van der Waals surface area contributed by atoms with E-state index in [9.17, 15) is 9.59 Å². The number of likely N-dealkylation sites (N-methyl/N-ethyl adjacent to an activating group) is 2. The highest BCUT2D eigenvalue weighted by Crippen LogP contribution is 2.14. The molecule has 0 aliphatic carbocycles. The first-order chi connectivity index (χ1) is 13.5. The molecule has 2 amide bonds. The second-order valence-corrected chi connectivity index (χ2v) is 6.55. The van der Waals surface area contributed by atoms with Gasteiger partial charge in [-0.1, -0.05) is 42.5 Å². The normalized spacial score (nSPS) is 10.4. The van der Waals surface area contributed by atoms with Crippen LogP contribution in [0.5, 0.6) is 0 Å². The van der Waals surface area contributed by atoms with Gasteiger partial charge in [-0.3, -0.25) is 14.6 Å². The Morgan fingerprint density at radius 1 is 0.643 bits per heavy atom. The van der Waals surface area contributed by atoms with Gasteiger partial charge in [-0.2, -0.15) is 0 Å². The number of carbonyl (C=O) groups excluding carboxylic acids is 2. The second-order valence-electron chi connectivity index (χ2n) is 6.55. The van der Waals surface area contributed by atoms with Gasteiger partial charge in [-0.25, -0.2) is 0 Å². The summed E-state index contributed by atoms with van der Waals surface area (Å²) < 4.78 is 0. The highest BCUT2D eigenvalue weighted by molar-refractivity contribution is 5.94. The average Bonchev–Trinajstić information content (AvgIpc) is 2.74. The molecule has 3 rings (SSSR count). The fourth-order valence-electron chi connectivity index (χ4n) is 2.86. The molecule has 0 N–H and O–H groups in total. The third-order valence-electron chi connectivity index (χ3n) is 4.56. The lowest BCUT2D eigenvalue weighted by Crippen LogP contribution is -2.29. The number of rotatable bonds is 6. The minimum Gasteiger partial charge on any atom is -0.315 e. The van der Waals surface area contributed by atoms with Crippen LogP contribution in [0.1, 0.15) is 11.4 Å². The number of nitrogens with zero attached hydrogens (tertiary/aromatic N) is 3. The monoisotopic (exact) mass is 373 g/mol. The van der Waals surface area contributed by atoms with E-state index in [1.54, 1.807) is 23.9 Å². The fourth-order valence-corrected chi connectivity index (χ4v) is 2.86. The van der Waals surface area contributed by atoms with Crippen molar-refractivity contribution in [1.29, 1.82) is 0 Å². The van der Waals surface area contributed by atoms with Crippen LogP contribution in [0.4, 0.5) is 11.4 Å². The lowest BCUT2D eigenvalue weighted by molar-refractivity contribution is -0.118. The van der Waals surface area contributed by atoms with Crippen LogP contribution in [-0.2, 0) is 22.4 Å². The van der Waals surface area contributed by atoms with E-state index in [2.05, 4.69) is 4.98 Å². The van der Waals surface area contributed by atoms with Gasteiger partial charge in [0.05, 0.1) is 24.2 Å². The summed E-state index contributed by atoms with van der Waals surface area (Å²) in [4.78, 5) is 32.8. The van der Waals surface area contributed by atoms with Crippen molar-refractivity contribution >= 4 is 23.2 Å². The molecule has 142 valence electrons. The Labute approximate surface area is 165 Å². The molecule has 0 unspecified atom stereocenters. The summed E-state index contributed by atoms with van der Waals surface area (Å²) in [5.74, 6) is -0.104. The van der Waals surface area contributed by atoms with Crippen molar-refractivity contribution in [2.75, 3.05) is 23.9 Å². The molecule has 1 aromatic heterocycles. The van der Waals surface area contributed by atoms with Gasteiger partial charge < -0.3 is 9.80 Å². The van der Waals surface area contributed by atoms with Crippen molar-refractivity contribution in [2.24, 2.45) is 0 Å². The first-order valence-corrected chi connectivity index (χ1v) is 9.12. The topological polar surface area (TPSA) is 53.5 Å². The van der Waals surface area contributed by atoms with Crippen LogP contribution >= 0.6 is 0 Å². The van der Waals surface area contributed by atoms with Crippen molar-refractivity contribution in [2.45, 2.75) is 12.8 Å². The lowest BCUT2D eigenvalue weighted by atomic mass is 10.2. The van der Waals surface area contributed by atoms with E-state index in [4.69, 9.17) is 0 Å². The lowest BCUT2D eigenvalue weighted by Gasteiger charge is -2.18. The Hall–Kier alpha value is -3.47. The maximum absolute atomic E-state index is 12.6. The van der Waals surface area contributed by atoms with E-state index >= 15 is 0 Å². The van der Waals surface area contributed by atoms with Gasteiger partial charge in [0.1, 0.15) is 0 Å². The molecule has 0 saturated carbocycles. The molecule has 1 heterocycles. The number of amides is 2. The fraction of sp³-hybridized carbons (Fsp3) is 0.174. The number of aromatic nitrogens is 1. The Morgan fingerprint density at radius 3 is 1.43 bits per heavy atom. The van der Waals surface area contributed by atoms with Crippen LogP contribution in [0.25, 0.3) is 0 Å². The highest BCUT2D eigenvalue weighted by atomic mass is 16.2. The van der Waals surface area contributed by atoms with Gasteiger partial charge in [-0.05, 0) is 36.4 Å². The van der Waals surface area contributed by atoms with E-state index in [0.29, 0.717) is 11.4 Å². The van der Waals surface area contributed by atoms with Crippen molar-refractivity contribution < 1.29 is 9.59 Å². The minimum absolute atomic E-state index is 0.0522. The zero-order chi connectivity index (χ0) is 19.9. The molecule has 0 saturated heterocycles. The summed E-state index contributed by atoms with van der Waals surface area (Å²) in [7, 11) is 3.50. The highest BCUT2D eigenvalue weighted by Gasteiger charge is 2.15. The SMILES string of the molecule is CN(C(=O)Cc1cccc(CC(=O)N(C)c2ccccc2)n1)c1ccccc1. The van der Waals surface area contributed by atoms with Gasteiger partial charge in [0.15, 0.2) is 0 Å². The van der Waals surface area contributed by atoms with E-state index in [1.807, 2.05) is 78.9 Å². The van der Waals surface area contributed by atoms with Crippen LogP contribution in [-0.4, -0.2) is 30.9 Å². The maximum Gasteiger partial charge on any atom is 0.232 e. The zero-order valence-electron chi connectivity index (χ0n) is 16.1. The van der Waals surface area contributed by atoms with Gasteiger partial charge in [0.25, 0.3) is 0 Å². The molecule has 0 bridgehead atoms. The maximum atomic E-state index is 12.6. The largest absolute Gasteiger partial charge is 0.315 e. The first-order valence-electron chi connectivity index (χ1n) is 9.12. The molecule has 0 spiro atoms. The Bertz CT molecular complexity index is 868. The quantitative estimate of drug-likeness (QED) is 0.665. The summed E-state index contributed by atoms with van der Waals surface area (Å²) >= 11 is 0. The van der Waals surface area contributed by atoms with E-state index in [0.717, 1.165) is 11.4 Å². The van der Waals surface area contributed by atoms with Crippen LogP contribution in [0, 0.1) is 0 Å². The smallest absolute Gasteiger partial charge is 0.232 e. The molecule has 28 heavy (non-hydrogen) atoms. The molecule has 3 aromatic rings. The number of pyridine rings is 1. The molecule has 5 heteroatoms. The standard InChI is InChI=1S/C23H23N3O2/c1-25(20-12-5-3-6-13-20)22(27)16-18-10-9-11-19(24-18)17-23(28)26(2)21-14-7-4-8-15-21/h3-15H,16-17H2,1-2H3. The number of para-hydroxylation sites is 2. The van der Waals surface area contributed by atoms with E-state index in [-0.39, 0.29) is 24.7 Å². The summed E-state index contributed by atoms with van der Waals surface area (Å²) in [6.07, 6.45) is 0.365. The van der Waals surface area contributed by atoms with Crippen molar-refractivity contribution in [1.82, 2.24) is 4.98 Å². The van der Waals surface area contributed by atoms with Crippen LogP contribution in [0.2, 0.25) is 0 Å². The number of hydrogen-bond acceptors (Lipinski definition) is 3. The molecule has 0 atom stereocenters. The van der Waals surface area contributed by atoms with Crippen molar-refractivity contribution in [3.63, 3.8) is 0 Å². The number of carbonyl (C=O) groups is 2. The average molecular weight is 373 g/mol. The molecule has 0 aliphatic rings.